The van der Waals surface area contributed by atoms with E-state index in [9.17, 15) is 4.79 Å². The number of rotatable bonds is 7. The Bertz CT molecular complexity index is 279. The number of carbonyl (C=O) groups excluding carboxylic acids is 1. The maximum atomic E-state index is 11.5. The van der Waals surface area contributed by atoms with Crippen LogP contribution in [0, 0.1) is 16.7 Å². The number of hydrogen-bond donors (Lipinski definition) is 1. The Morgan fingerprint density at radius 3 is 2.69 bits per heavy atom. The molecule has 0 aromatic rings. The molecule has 0 aromatic carbocycles. The van der Waals surface area contributed by atoms with Crippen molar-refractivity contribution in [3.63, 3.8) is 0 Å². The number of carbonyl (C=O) groups is 1. The molecule has 0 heterocycles. The fraction of sp³-hybridized carbons (Fsp3) is 0.818. The predicted octanol–water partition coefficient (Wildman–Crippen LogP) is -0.0154. The lowest BCUT2D eigenvalue weighted by Crippen LogP contribution is -2.34. The molecule has 1 fully saturated rings. The van der Waals surface area contributed by atoms with E-state index in [1.807, 2.05) is 19.0 Å². The normalized spacial score (nSPS) is 16.9. The van der Waals surface area contributed by atoms with E-state index in [0.29, 0.717) is 32.6 Å². The van der Waals surface area contributed by atoms with Crippen molar-refractivity contribution in [3.05, 3.63) is 0 Å². The van der Waals surface area contributed by atoms with Crippen LogP contribution in [0.2, 0.25) is 0 Å². The van der Waals surface area contributed by atoms with Gasteiger partial charge in [-0.2, -0.15) is 5.26 Å². The zero-order chi connectivity index (χ0) is 12.0. The van der Waals surface area contributed by atoms with Crippen LogP contribution in [0.15, 0.2) is 0 Å². The van der Waals surface area contributed by atoms with Crippen LogP contribution >= 0.6 is 0 Å². The lowest BCUT2D eigenvalue weighted by atomic mass is 10.1. The Morgan fingerprint density at radius 1 is 1.50 bits per heavy atom. The van der Waals surface area contributed by atoms with Crippen molar-refractivity contribution in [2.75, 3.05) is 40.4 Å². The molecule has 0 atom stereocenters. The summed E-state index contributed by atoms with van der Waals surface area (Å²) in [5.41, 5.74) is -0.719. The highest BCUT2D eigenvalue weighted by Crippen LogP contribution is 2.44. The molecule has 16 heavy (non-hydrogen) atoms. The second-order valence-corrected chi connectivity index (χ2v) is 4.37. The van der Waals surface area contributed by atoms with E-state index < -0.39 is 5.41 Å². The summed E-state index contributed by atoms with van der Waals surface area (Å²) in [6.45, 7) is 2.51. The molecule has 5 nitrogen and oxygen atoms in total. The molecular weight excluding hydrogens is 206 g/mol. The van der Waals surface area contributed by atoms with Crippen molar-refractivity contribution in [2.45, 2.75) is 12.8 Å². The molecule has 0 radical (unpaired) electrons. The molecule has 90 valence electrons. The largest absolute Gasteiger partial charge is 0.378 e. The van der Waals surface area contributed by atoms with Crippen molar-refractivity contribution >= 4 is 5.91 Å². The van der Waals surface area contributed by atoms with Gasteiger partial charge in [-0.1, -0.05) is 0 Å². The second kappa shape index (κ2) is 5.83. The van der Waals surface area contributed by atoms with Gasteiger partial charge in [-0.05, 0) is 26.9 Å². The summed E-state index contributed by atoms with van der Waals surface area (Å²) in [6.07, 6.45) is 1.38. The highest BCUT2D eigenvalue weighted by Gasteiger charge is 2.50. The number of nitrogens with one attached hydrogen (secondary N) is 1. The number of nitriles is 1. The van der Waals surface area contributed by atoms with Crippen LogP contribution in [0.1, 0.15) is 12.8 Å². The molecule has 0 aromatic heterocycles. The van der Waals surface area contributed by atoms with Crippen molar-refractivity contribution in [2.24, 2.45) is 5.41 Å². The van der Waals surface area contributed by atoms with Gasteiger partial charge >= 0.3 is 0 Å². The summed E-state index contributed by atoms with van der Waals surface area (Å²) in [6, 6.07) is 2.06. The Kier molecular flexibility index (Phi) is 4.71. The first kappa shape index (κ1) is 12.9. The third kappa shape index (κ3) is 3.80. The third-order valence-electron chi connectivity index (χ3n) is 2.61. The third-order valence-corrected chi connectivity index (χ3v) is 2.61. The average Bonchev–Trinajstić information content (AvgIpc) is 3.03. The SMILES string of the molecule is CN(C)CCOCCNC(=O)C1(C#N)CC1. The summed E-state index contributed by atoms with van der Waals surface area (Å²) in [5.74, 6) is -0.147. The van der Waals surface area contributed by atoms with Crippen LogP contribution in [-0.2, 0) is 9.53 Å². The van der Waals surface area contributed by atoms with Gasteiger partial charge < -0.3 is 15.0 Å². The van der Waals surface area contributed by atoms with E-state index in [0.717, 1.165) is 6.54 Å². The van der Waals surface area contributed by atoms with Gasteiger partial charge in [0.05, 0.1) is 19.3 Å². The second-order valence-electron chi connectivity index (χ2n) is 4.37. The molecule has 0 saturated heterocycles. The van der Waals surface area contributed by atoms with Crippen molar-refractivity contribution < 1.29 is 9.53 Å². The molecule has 1 saturated carbocycles. The monoisotopic (exact) mass is 225 g/mol. The Hall–Kier alpha value is -1.12. The minimum absolute atomic E-state index is 0.147. The molecular formula is C11H19N3O2. The number of nitrogens with zero attached hydrogens (tertiary/aromatic N) is 2. The van der Waals surface area contributed by atoms with Gasteiger partial charge in [0, 0.05) is 13.1 Å². The average molecular weight is 225 g/mol. The van der Waals surface area contributed by atoms with E-state index in [1.165, 1.54) is 0 Å². The van der Waals surface area contributed by atoms with E-state index in [2.05, 4.69) is 11.4 Å². The molecule has 5 heteroatoms. The molecule has 1 aliphatic rings. The molecule has 1 N–H and O–H groups in total. The summed E-state index contributed by atoms with van der Waals surface area (Å²) in [7, 11) is 3.96. The minimum atomic E-state index is -0.719. The topological polar surface area (TPSA) is 65.4 Å². The van der Waals surface area contributed by atoms with Gasteiger partial charge in [-0.25, -0.2) is 0 Å². The zero-order valence-corrected chi connectivity index (χ0v) is 9.95. The van der Waals surface area contributed by atoms with Crippen LogP contribution < -0.4 is 5.32 Å². The van der Waals surface area contributed by atoms with Crippen LogP contribution in [0.3, 0.4) is 0 Å². The lowest BCUT2D eigenvalue weighted by Gasteiger charge is -2.11. The Labute approximate surface area is 96.4 Å². The molecule has 0 bridgehead atoms. The van der Waals surface area contributed by atoms with E-state index in [1.54, 1.807) is 0 Å². The van der Waals surface area contributed by atoms with Crippen molar-refractivity contribution in [1.82, 2.24) is 10.2 Å². The van der Waals surface area contributed by atoms with E-state index in [-0.39, 0.29) is 5.91 Å². The number of likely N-dealkylation sites (N-methyl/N-ethyl adjacent to an activating group) is 1. The molecule has 0 aliphatic heterocycles. The quantitative estimate of drug-likeness (QED) is 0.619. The smallest absolute Gasteiger partial charge is 0.240 e. The summed E-state index contributed by atoms with van der Waals surface area (Å²) in [5, 5.41) is 11.5. The molecule has 1 aliphatic carbocycles. The van der Waals surface area contributed by atoms with E-state index >= 15 is 0 Å². The van der Waals surface area contributed by atoms with Gasteiger partial charge in [0.25, 0.3) is 0 Å². The summed E-state index contributed by atoms with van der Waals surface area (Å²) >= 11 is 0. The van der Waals surface area contributed by atoms with E-state index in [4.69, 9.17) is 10.00 Å². The lowest BCUT2D eigenvalue weighted by molar-refractivity contribution is -0.124. The van der Waals surface area contributed by atoms with Crippen LogP contribution in [0.4, 0.5) is 0 Å². The van der Waals surface area contributed by atoms with Crippen LogP contribution in [-0.4, -0.2) is 51.2 Å². The van der Waals surface area contributed by atoms with Gasteiger partial charge in [-0.15, -0.1) is 0 Å². The minimum Gasteiger partial charge on any atom is -0.378 e. The zero-order valence-electron chi connectivity index (χ0n) is 9.95. The number of ether oxygens (including phenoxy) is 1. The van der Waals surface area contributed by atoms with Crippen molar-refractivity contribution in [1.29, 1.82) is 5.26 Å². The van der Waals surface area contributed by atoms with Crippen molar-refractivity contribution in [3.8, 4) is 6.07 Å². The molecule has 0 unspecified atom stereocenters. The highest BCUT2D eigenvalue weighted by molar-refractivity contribution is 5.88. The maximum absolute atomic E-state index is 11.5. The van der Waals surface area contributed by atoms with Crippen LogP contribution in [0.5, 0.6) is 0 Å². The summed E-state index contributed by atoms with van der Waals surface area (Å²) < 4.78 is 5.32. The van der Waals surface area contributed by atoms with Gasteiger partial charge in [-0.3, -0.25) is 4.79 Å². The Balaban J connectivity index is 2.00. The standard InChI is InChI=1S/C11H19N3O2/c1-14(2)6-8-16-7-5-13-10(15)11(9-12)3-4-11/h3-8H2,1-2H3,(H,13,15). The van der Waals surface area contributed by atoms with Gasteiger partial charge in [0.1, 0.15) is 5.41 Å². The van der Waals surface area contributed by atoms with Crippen LogP contribution in [0.25, 0.3) is 0 Å². The number of hydrogen-bond acceptors (Lipinski definition) is 4. The first-order chi connectivity index (χ1) is 7.60. The maximum Gasteiger partial charge on any atom is 0.240 e. The number of amides is 1. The first-order valence-corrected chi connectivity index (χ1v) is 5.53. The molecule has 1 amide bonds. The molecule has 1 rings (SSSR count). The van der Waals surface area contributed by atoms with Gasteiger partial charge in [0.2, 0.25) is 5.91 Å². The molecule has 0 spiro atoms. The summed E-state index contributed by atoms with van der Waals surface area (Å²) in [4.78, 5) is 13.5. The fourth-order valence-corrected chi connectivity index (χ4v) is 1.27. The van der Waals surface area contributed by atoms with Gasteiger partial charge in [0.15, 0.2) is 0 Å². The fourth-order valence-electron chi connectivity index (χ4n) is 1.27. The Morgan fingerprint density at radius 2 is 2.19 bits per heavy atom. The highest BCUT2D eigenvalue weighted by atomic mass is 16.5. The predicted molar refractivity (Wildman–Crippen MR) is 59.7 cm³/mol. The first-order valence-electron chi connectivity index (χ1n) is 5.53.